The topological polar surface area (TPSA) is 60.9 Å². The first-order valence-electron chi connectivity index (χ1n) is 6.50. The summed E-state index contributed by atoms with van der Waals surface area (Å²) in [4.78, 5) is 14.4. The predicted molar refractivity (Wildman–Crippen MR) is 85.4 cm³/mol. The Morgan fingerprint density at radius 2 is 2.10 bits per heavy atom. The first-order chi connectivity index (χ1) is 10.3. The Morgan fingerprint density at radius 1 is 1.24 bits per heavy atom. The highest BCUT2D eigenvalue weighted by atomic mass is 32.1. The van der Waals surface area contributed by atoms with Gasteiger partial charge in [0.15, 0.2) is 0 Å². The summed E-state index contributed by atoms with van der Waals surface area (Å²) < 4.78 is 1.48. The Labute approximate surface area is 125 Å². The molecule has 0 saturated carbocycles. The minimum atomic E-state index is -0.0731. The fourth-order valence-corrected chi connectivity index (χ4v) is 2.92. The third kappa shape index (κ3) is 2.87. The SMILES string of the molecule is NCC#Cc1ccc(Cn2ncc3ccccc3c2=O)s1. The molecule has 4 nitrogen and oxygen atoms in total. The summed E-state index contributed by atoms with van der Waals surface area (Å²) in [6.45, 7) is 0.803. The molecule has 5 heteroatoms. The summed E-state index contributed by atoms with van der Waals surface area (Å²) in [6.07, 6.45) is 1.72. The van der Waals surface area contributed by atoms with Gasteiger partial charge in [0.2, 0.25) is 0 Å². The Kier molecular flexibility index (Phi) is 3.82. The minimum Gasteiger partial charge on any atom is -0.320 e. The summed E-state index contributed by atoms with van der Waals surface area (Å²) in [6, 6.07) is 11.4. The smallest absolute Gasteiger partial charge is 0.274 e. The van der Waals surface area contributed by atoms with Gasteiger partial charge in [-0.25, -0.2) is 4.68 Å². The van der Waals surface area contributed by atoms with Gasteiger partial charge in [0.05, 0.1) is 29.5 Å². The van der Waals surface area contributed by atoms with Crippen LogP contribution in [0.2, 0.25) is 0 Å². The van der Waals surface area contributed by atoms with Crippen LogP contribution in [0.5, 0.6) is 0 Å². The van der Waals surface area contributed by atoms with Crippen LogP contribution in [0, 0.1) is 11.8 Å². The first kappa shape index (κ1) is 13.6. The molecule has 0 atom stereocenters. The summed E-state index contributed by atoms with van der Waals surface area (Å²) in [7, 11) is 0. The normalized spacial score (nSPS) is 10.3. The van der Waals surface area contributed by atoms with Crippen molar-refractivity contribution in [3.8, 4) is 11.8 Å². The van der Waals surface area contributed by atoms with Crippen LogP contribution in [0.4, 0.5) is 0 Å². The summed E-state index contributed by atoms with van der Waals surface area (Å²) in [5.74, 6) is 5.81. The Balaban J connectivity index is 1.93. The zero-order chi connectivity index (χ0) is 14.7. The molecule has 21 heavy (non-hydrogen) atoms. The molecule has 1 aromatic carbocycles. The number of hydrogen-bond acceptors (Lipinski definition) is 4. The number of hydrogen-bond donors (Lipinski definition) is 1. The number of aromatic nitrogens is 2. The molecule has 0 radical (unpaired) electrons. The van der Waals surface area contributed by atoms with Gasteiger partial charge in [-0.05, 0) is 18.2 Å². The lowest BCUT2D eigenvalue weighted by molar-refractivity contribution is 0.654. The number of fused-ring (bicyclic) bond motifs is 1. The molecular formula is C16H13N3OS. The number of rotatable bonds is 2. The van der Waals surface area contributed by atoms with Crippen LogP contribution in [0.3, 0.4) is 0 Å². The van der Waals surface area contributed by atoms with Crippen LogP contribution in [-0.4, -0.2) is 16.3 Å². The molecule has 0 fully saturated rings. The third-order valence-electron chi connectivity index (χ3n) is 3.04. The van der Waals surface area contributed by atoms with Crippen LogP contribution in [0.15, 0.2) is 47.4 Å². The molecular weight excluding hydrogens is 282 g/mol. The second-order valence-electron chi connectivity index (χ2n) is 4.47. The highest BCUT2D eigenvalue weighted by molar-refractivity contribution is 7.12. The zero-order valence-electron chi connectivity index (χ0n) is 11.2. The van der Waals surface area contributed by atoms with Crippen molar-refractivity contribution in [2.24, 2.45) is 5.73 Å². The van der Waals surface area contributed by atoms with Crippen molar-refractivity contribution < 1.29 is 0 Å². The van der Waals surface area contributed by atoms with Gasteiger partial charge in [0.1, 0.15) is 0 Å². The fourth-order valence-electron chi connectivity index (χ4n) is 2.06. The third-order valence-corrected chi connectivity index (χ3v) is 4.03. The Morgan fingerprint density at radius 3 is 2.95 bits per heavy atom. The monoisotopic (exact) mass is 295 g/mol. The number of benzene rings is 1. The molecule has 104 valence electrons. The Hall–Kier alpha value is -2.42. The van der Waals surface area contributed by atoms with Crippen LogP contribution in [-0.2, 0) is 6.54 Å². The largest absolute Gasteiger partial charge is 0.320 e. The van der Waals surface area contributed by atoms with Crippen molar-refractivity contribution in [3.63, 3.8) is 0 Å². The van der Waals surface area contributed by atoms with Gasteiger partial charge >= 0.3 is 0 Å². The maximum Gasteiger partial charge on any atom is 0.274 e. The lowest BCUT2D eigenvalue weighted by Gasteiger charge is -2.04. The van der Waals surface area contributed by atoms with Crippen LogP contribution in [0.25, 0.3) is 10.8 Å². The quantitative estimate of drug-likeness (QED) is 0.734. The molecule has 0 aliphatic heterocycles. The molecule has 2 N–H and O–H groups in total. The molecule has 0 saturated heterocycles. The highest BCUT2D eigenvalue weighted by Gasteiger charge is 2.05. The average molecular weight is 295 g/mol. The number of nitrogens with zero attached hydrogens (tertiary/aromatic N) is 2. The van der Waals surface area contributed by atoms with E-state index in [9.17, 15) is 4.79 Å². The maximum absolute atomic E-state index is 12.4. The van der Waals surface area contributed by atoms with Gasteiger partial charge < -0.3 is 5.73 Å². The van der Waals surface area contributed by atoms with Crippen LogP contribution in [0.1, 0.15) is 9.75 Å². The zero-order valence-corrected chi connectivity index (χ0v) is 12.1. The van der Waals surface area contributed by atoms with Crippen LogP contribution < -0.4 is 11.3 Å². The molecule has 2 aromatic heterocycles. The van der Waals surface area contributed by atoms with Gasteiger partial charge in [0.25, 0.3) is 5.56 Å². The molecule has 0 aliphatic rings. The van der Waals surface area contributed by atoms with Crippen molar-refractivity contribution in [3.05, 3.63) is 62.7 Å². The van der Waals surface area contributed by atoms with Gasteiger partial charge in [-0.15, -0.1) is 11.3 Å². The van der Waals surface area contributed by atoms with E-state index < -0.39 is 0 Å². The number of nitrogens with two attached hydrogens (primary N) is 1. The van der Waals surface area contributed by atoms with E-state index in [2.05, 4.69) is 16.9 Å². The van der Waals surface area contributed by atoms with Gasteiger partial charge in [-0.1, -0.05) is 30.0 Å². The van der Waals surface area contributed by atoms with Crippen LogP contribution >= 0.6 is 11.3 Å². The van der Waals surface area contributed by atoms with E-state index >= 15 is 0 Å². The van der Waals surface area contributed by atoms with Crippen molar-refractivity contribution in [2.75, 3.05) is 6.54 Å². The lowest BCUT2D eigenvalue weighted by atomic mass is 10.2. The van der Waals surface area contributed by atoms with E-state index in [4.69, 9.17) is 5.73 Å². The molecule has 0 spiro atoms. The predicted octanol–water partition coefficient (Wildman–Crippen LogP) is 1.82. The maximum atomic E-state index is 12.4. The fraction of sp³-hybridized carbons (Fsp3) is 0.125. The number of thiophene rings is 1. The van der Waals surface area contributed by atoms with E-state index in [1.807, 2.05) is 36.4 Å². The molecule has 0 amide bonds. The van der Waals surface area contributed by atoms with Crippen molar-refractivity contribution >= 4 is 22.1 Å². The van der Waals surface area contributed by atoms with E-state index in [1.165, 1.54) is 4.68 Å². The molecule has 2 heterocycles. The Bertz CT molecular complexity index is 899. The molecule has 0 unspecified atom stereocenters. The summed E-state index contributed by atoms with van der Waals surface area (Å²) in [5, 5.41) is 5.78. The minimum absolute atomic E-state index is 0.0731. The lowest BCUT2D eigenvalue weighted by Crippen LogP contribution is -2.22. The second-order valence-corrected chi connectivity index (χ2v) is 5.63. The van der Waals surface area contributed by atoms with Crippen molar-refractivity contribution in [1.29, 1.82) is 0 Å². The van der Waals surface area contributed by atoms with E-state index in [-0.39, 0.29) is 5.56 Å². The van der Waals surface area contributed by atoms with Crippen molar-refractivity contribution in [2.45, 2.75) is 6.54 Å². The van der Waals surface area contributed by atoms with Crippen molar-refractivity contribution in [1.82, 2.24) is 9.78 Å². The van der Waals surface area contributed by atoms with Gasteiger partial charge in [-0.3, -0.25) is 4.79 Å². The summed E-state index contributed by atoms with van der Waals surface area (Å²) in [5.41, 5.74) is 5.28. The van der Waals surface area contributed by atoms with Gasteiger partial charge in [0, 0.05) is 10.3 Å². The first-order valence-corrected chi connectivity index (χ1v) is 7.32. The van der Waals surface area contributed by atoms with E-state index in [0.29, 0.717) is 18.5 Å². The van der Waals surface area contributed by atoms with Gasteiger partial charge in [-0.2, -0.15) is 5.10 Å². The second kappa shape index (κ2) is 5.92. The van der Waals surface area contributed by atoms with E-state index in [0.717, 1.165) is 15.1 Å². The average Bonchev–Trinajstić information content (AvgIpc) is 2.96. The molecule has 3 aromatic rings. The molecule has 0 bridgehead atoms. The molecule has 3 rings (SSSR count). The van der Waals surface area contributed by atoms with E-state index in [1.54, 1.807) is 17.5 Å². The standard InChI is InChI=1S/C16H13N3OS/c17-9-3-5-13-7-8-14(21-13)11-19-16(20)15-6-2-1-4-12(15)10-18-19/h1-2,4,6-8,10H,9,11,17H2. The summed E-state index contributed by atoms with van der Waals surface area (Å²) >= 11 is 1.55. The highest BCUT2D eigenvalue weighted by Crippen LogP contribution is 2.16. The molecule has 0 aliphatic carbocycles.